The molecule has 0 saturated heterocycles. The SMILES string of the molecule is CCc1ccccc1NC(=S)N(C)[C@@H]1CCCc2ccccc21. The maximum Gasteiger partial charge on any atom is 0.173 e. The molecule has 0 aromatic heterocycles. The number of hydrogen-bond acceptors (Lipinski definition) is 1. The van der Waals surface area contributed by atoms with Crippen LogP contribution in [0.4, 0.5) is 5.69 Å². The van der Waals surface area contributed by atoms with E-state index in [1.807, 2.05) is 0 Å². The zero-order chi connectivity index (χ0) is 16.2. The highest BCUT2D eigenvalue weighted by Gasteiger charge is 2.25. The molecule has 1 aliphatic carbocycles. The molecule has 0 saturated carbocycles. The molecule has 0 fully saturated rings. The number of hydrogen-bond donors (Lipinski definition) is 1. The van der Waals surface area contributed by atoms with Crippen LogP contribution in [0.25, 0.3) is 0 Å². The number of fused-ring (bicyclic) bond motifs is 1. The lowest BCUT2D eigenvalue weighted by Crippen LogP contribution is -2.36. The molecule has 1 aliphatic rings. The summed E-state index contributed by atoms with van der Waals surface area (Å²) in [4.78, 5) is 2.22. The quantitative estimate of drug-likeness (QED) is 0.804. The van der Waals surface area contributed by atoms with Gasteiger partial charge in [-0.2, -0.15) is 0 Å². The third kappa shape index (κ3) is 3.40. The summed E-state index contributed by atoms with van der Waals surface area (Å²) in [6.07, 6.45) is 4.56. The molecule has 0 heterocycles. The first-order valence-electron chi connectivity index (χ1n) is 8.40. The van der Waals surface area contributed by atoms with E-state index in [0.29, 0.717) is 6.04 Å². The van der Waals surface area contributed by atoms with Crippen molar-refractivity contribution in [3.05, 3.63) is 65.2 Å². The highest BCUT2D eigenvalue weighted by atomic mass is 32.1. The summed E-state index contributed by atoms with van der Waals surface area (Å²) in [5.41, 5.74) is 5.31. The first kappa shape index (κ1) is 16.0. The van der Waals surface area contributed by atoms with Crippen molar-refractivity contribution >= 4 is 23.0 Å². The topological polar surface area (TPSA) is 15.3 Å². The summed E-state index contributed by atoms with van der Waals surface area (Å²) >= 11 is 5.69. The minimum Gasteiger partial charge on any atom is -0.345 e. The van der Waals surface area contributed by atoms with Crippen molar-refractivity contribution in [2.75, 3.05) is 12.4 Å². The number of para-hydroxylation sites is 1. The number of anilines is 1. The van der Waals surface area contributed by atoms with Gasteiger partial charge in [0, 0.05) is 12.7 Å². The highest BCUT2D eigenvalue weighted by molar-refractivity contribution is 7.80. The van der Waals surface area contributed by atoms with E-state index in [-0.39, 0.29) is 0 Å². The lowest BCUT2D eigenvalue weighted by molar-refractivity contribution is 0.336. The summed E-state index contributed by atoms with van der Waals surface area (Å²) in [5, 5.41) is 4.25. The van der Waals surface area contributed by atoms with Crippen LogP contribution < -0.4 is 5.32 Å². The number of nitrogens with one attached hydrogen (secondary N) is 1. The van der Waals surface area contributed by atoms with E-state index in [9.17, 15) is 0 Å². The standard InChI is InChI=1S/C20H24N2S/c1-3-15-9-5-7-13-18(15)21-20(23)22(2)19-14-8-11-16-10-4-6-12-17(16)19/h4-7,9-10,12-13,19H,3,8,11,14H2,1-2H3,(H,21,23)/t19-/m1/s1. The Labute approximate surface area is 144 Å². The van der Waals surface area contributed by atoms with Crippen LogP contribution in [-0.2, 0) is 12.8 Å². The van der Waals surface area contributed by atoms with Gasteiger partial charge in [-0.3, -0.25) is 0 Å². The Morgan fingerprint density at radius 3 is 2.74 bits per heavy atom. The van der Waals surface area contributed by atoms with Crippen LogP contribution in [0.15, 0.2) is 48.5 Å². The molecule has 0 radical (unpaired) electrons. The van der Waals surface area contributed by atoms with Crippen molar-refractivity contribution in [2.45, 2.75) is 38.6 Å². The molecule has 0 amide bonds. The lowest BCUT2D eigenvalue weighted by atomic mass is 9.87. The van der Waals surface area contributed by atoms with E-state index in [2.05, 4.69) is 72.7 Å². The maximum absolute atomic E-state index is 5.69. The van der Waals surface area contributed by atoms with Gasteiger partial charge in [0.25, 0.3) is 0 Å². The summed E-state index contributed by atoms with van der Waals surface area (Å²) < 4.78 is 0. The number of rotatable bonds is 3. The molecule has 0 bridgehead atoms. The van der Waals surface area contributed by atoms with Gasteiger partial charge in [0.05, 0.1) is 6.04 Å². The van der Waals surface area contributed by atoms with Gasteiger partial charge in [-0.05, 0) is 60.7 Å². The number of aryl methyl sites for hydroxylation is 2. The predicted molar refractivity (Wildman–Crippen MR) is 102 cm³/mol. The fourth-order valence-corrected chi connectivity index (χ4v) is 3.66. The summed E-state index contributed by atoms with van der Waals surface area (Å²) in [7, 11) is 2.11. The zero-order valence-corrected chi connectivity index (χ0v) is 14.7. The molecule has 2 aromatic rings. The first-order chi connectivity index (χ1) is 11.2. The van der Waals surface area contributed by atoms with Crippen molar-refractivity contribution in [3.63, 3.8) is 0 Å². The van der Waals surface area contributed by atoms with Crippen LogP contribution in [0.1, 0.15) is 42.5 Å². The van der Waals surface area contributed by atoms with Crippen molar-refractivity contribution in [2.24, 2.45) is 0 Å². The third-order valence-electron chi connectivity index (χ3n) is 4.77. The van der Waals surface area contributed by atoms with Crippen LogP contribution in [0, 0.1) is 0 Å². The Morgan fingerprint density at radius 2 is 1.91 bits per heavy atom. The second kappa shape index (κ2) is 7.14. The van der Waals surface area contributed by atoms with Gasteiger partial charge in [-0.25, -0.2) is 0 Å². The molecule has 2 nitrogen and oxygen atoms in total. The summed E-state index contributed by atoms with van der Waals surface area (Å²) in [5.74, 6) is 0. The average molecular weight is 324 g/mol. The van der Waals surface area contributed by atoms with E-state index < -0.39 is 0 Å². The second-order valence-electron chi connectivity index (χ2n) is 6.16. The van der Waals surface area contributed by atoms with Crippen molar-refractivity contribution in [3.8, 4) is 0 Å². The first-order valence-corrected chi connectivity index (χ1v) is 8.81. The molecule has 120 valence electrons. The third-order valence-corrected chi connectivity index (χ3v) is 5.16. The minimum absolute atomic E-state index is 0.369. The van der Waals surface area contributed by atoms with E-state index in [4.69, 9.17) is 12.2 Å². The van der Waals surface area contributed by atoms with Crippen LogP contribution in [0.2, 0.25) is 0 Å². The summed E-state index contributed by atoms with van der Waals surface area (Å²) in [6, 6.07) is 17.5. The van der Waals surface area contributed by atoms with Gasteiger partial charge >= 0.3 is 0 Å². The van der Waals surface area contributed by atoms with E-state index in [1.165, 1.54) is 29.5 Å². The van der Waals surface area contributed by atoms with Gasteiger partial charge in [-0.1, -0.05) is 49.4 Å². The summed E-state index contributed by atoms with van der Waals surface area (Å²) in [6.45, 7) is 2.17. The number of thiocarbonyl (C=S) groups is 1. The Bertz CT molecular complexity index is 696. The van der Waals surface area contributed by atoms with Crippen LogP contribution in [0.5, 0.6) is 0 Å². The average Bonchev–Trinajstić information content (AvgIpc) is 2.61. The zero-order valence-electron chi connectivity index (χ0n) is 13.9. The molecule has 1 N–H and O–H groups in total. The van der Waals surface area contributed by atoms with Gasteiger partial charge in [0.15, 0.2) is 5.11 Å². The largest absolute Gasteiger partial charge is 0.345 e. The molecule has 3 heteroatoms. The van der Waals surface area contributed by atoms with E-state index in [0.717, 1.165) is 23.6 Å². The second-order valence-corrected chi connectivity index (χ2v) is 6.55. The molecule has 1 atom stereocenters. The molecule has 0 unspecified atom stereocenters. The van der Waals surface area contributed by atoms with Gasteiger partial charge < -0.3 is 10.2 Å². The number of nitrogens with zero attached hydrogens (tertiary/aromatic N) is 1. The van der Waals surface area contributed by atoms with Crippen LogP contribution >= 0.6 is 12.2 Å². The van der Waals surface area contributed by atoms with E-state index in [1.54, 1.807) is 0 Å². The predicted octanol–water partition coefficient (Wildman–Crippen LogP) is 4.96. The molecule has 2 aromatic carbocycles. The lowest BCUT2D eigenvalue weighted by Gasteiger charge is -2.35. The Hall–Kier alpha value is -1.87. The Morgan fingerprint density at radius 1 is 1.17 bits per heavy atom. The molecular weight excluding hydrogens is 300 g/mol. The molecular formula is C20H24N2S. The highest BCUT2D eigenvalue weighted by Crippen LogP contribution is 2.33. The van der Waals surface area contributed by atoms with Crippen LogP contribution in [-0.4, -0.2) is 17.1 Å². The van der Waals surface area contributed by atoms with Crippen molar-refractivity contribution < 1.29 is 0 Å². The monoisotopic (exact) mass is 324 g/mol. The Kier molecular flexibility index (Phi) is 4.97. The van der Waals surface area contributed by atoms with Crippen LogP contribution in [0.3, 0.4) is 0 Å². The fraction of sp³-hybridized carbons (Fsp3) is 0.350. The molecule has 0 spiro atoms. The minimum atomic E-state index is 0.369. The van der Waals surface area contributed by atoms with Gasteiger partial charge in [0.1, 0.15) is 0 Å². The van der Waals surface area contributed by atoms with E-state index >= 15 is 0 Å². The smallest absolute Gasteiger partial charge is 0.173 e. The number of benzene rings is 2. The molecule has 3 rings (SSSR count). The Balaban J connectivity index is 1.78. The molecule has 23 heavy (non-hydrogen) atoms. The van der Waals surface area contributed by atoms with Crippen molar-refractivity contribution in [1.82, 2.24) is 4.90 Å². The normalized spacial score (nSPS) is 16.5. The van der Waals surface area contributed by atoms with Crippen molar-refractivity contribution in [1.29, 1.82) is 0 Å². The fourth-order valence-electron chi connectivity index (χ4n) is 3.43. The van der Waals surface area contributed by atoms with Gasteiger partial charge in [0.2, 0.25) is 0 Å². The maximum atomic E-state index is 5.69. The molecule has 0 aliphatic heterocycles. The van der Waals surface area contributed by atoms with Gasteiger partial charge in [-0.15, -0.1) is 0 Å².